The molecular weight excluding hydrogens is 415 g/mol. The number of hydrogen-bond donors (Lipinski definition) is 1. The van der Waals surface area contributed by atoms with Gasteiger partial charge < -0.3 is 15.0 Å². The van der Waals surface area contributed by atoms with Crippen molar-refractivity contribution < 1.29 is 9.53 Å². The Morgan fingerprint density at radius 3 is 2.59 bits per heavy atom. The zero-order valence-electron chi connectivity index (χ0n) is 16.6. The molecule has 1 aliphatic heterocycles. The van der Waals surface area contributed by atoms with Crippen molar-refractivity contribution in [2.45, 2.75) is 45.8 Å². The van der Waals surface area contributed by atoms with Crippen molar-refractivity contribution in [1.29, 1.82) is 0 Å². The number of benzene rings is 1. The van der Waals surface area contributed by atoms with E-state index in [9.17, 15) is 9.59 Å². The van der Waals surface area contributed by atoms with Crippen molar-refractivity contribution in [2.24, 2.45) is 0 Å². The molecule has 7 nitrogen and oxygen atoms in total. The Labute approximate surface area is 179 Å². The monoisotopic (exact) mass is 438 g/mol. The van der Waals surface area contributed by atoms with Crippen LogP contribution in [0.5, 0.6) is 0 Å². The van der Waals surface area contributed by atoms with E-state index in [-0.39, 0.29) is 23.3 Å². The van der Waals surface area contributed by atoms with Crippen LogP contribution in [0.15, 0.2) is 29.2 Å². The van der Waals surface area contributed by atoms with E-state index in [0.717, 1.165) is 18.4 Å². The van der Waals surface area contributed by atoms with E-state index in [2.05, 4.69) is 10.4 Å². The van der Waals surface area contributed by atoms with E-state index in [1.165, 1.54) is 10.9 Å². The third kappa shape index (κ3) is 5.03. The van der Waals surface area contributed by atoms with E-state index < -0.39 is 5.56 Å². The number of likely N-dealkylation sites (tertiary alicyclic amines) is 1. The second kappa shape index (κ2) is 9.05. The first kappa shape index (κ1) is 21.5. The minimum atomic E-state index is -0.422. The molecule has 3 rings (SSSR count). The van der Waals surface area contributed by atoms with Crippen LogP contribution in [-0.4, -0.2) is 46.0 Å². The highest BCUT2D eigenvalue weighted by atomic mass is 35.5. The SMILES string of the molecule is Cc1ccc(-n2ncc(NC3CCN(C(=O)OC(C)C)CC3)c(Cl)c2=O)cc1Cl. The maximum absolute atomic E-state index is 12.7. The topological polar surface area (TPSA) is 76.5 Å². The van der Waals surface area contributed by atoms with Crippen LogP contribution in [0.25, 0.3) is 5.69 Å². The highest BCUT2D eigenvalue weighted by Crippen LogP contribution is 2.23. The summed E-state index contributed by atoms with van der Waals surface area (Å²) >= 11 is 12.5. The second-order valence-electron chi connectivity index (χ2n) is 7.36. The number of rotatable bonds is 4. The molecule has 156 valence electrons. The number of carbonyl (C=O) groups is 1. The molecule has 1 amide bonds. The Bertz CT molecular complexity index is 953. The number of piperidine rings is 1. The first-order valence-corrected chi connectivity index (χ1v) is 10.3. The van der Waals surface area contributed by atoms with Gasteiger partial charge in [0.1, 0.15) is 5.02 Å². The minimum absolute atomic E-state index is 0.0679. The van der Waals surface area contributed by atoms with Gasteiger partial charge in [0.15, 0.2) is 0 Å². The van der Waals surface area contributed by atoms with Gasteiger partial charge in [-0.25, -0.2) is 4.79 Å². The maximum Gasteiger partial charge on any atom is 0.410 e. The Morgan fingerprint density at radius 2 is 1.97 bits per heavy atom. The predicted molar refractivity (Wildman–Crippen MR) is 114 cm³/mol. The largest absolute Gasteiger partial charge is 0.447 e. The molecule has 9 heteroatoms. The first-order valence-electron chi connectivity index (χ1n) is 9.52. The van der Waals surface area contributed by atoms with Crippen LogP contribution >= 0.6 is 23.2 Å². The quantitative estimate of drug-likeness (QED) is 0.770. The van der Waals surface area contributed by atoms with Gasteiger partial charge in [-0.05, 0) is 51.3 Å². The molecule has 0 saturated carbocycles. The van der Waals surface area contributed by atoms with Gasteiger partial charge in [-0.2, -0.15) is 9.78 Å². The Morgan fingerprint density at radius 1 is 1.28 bits per heavy atom. The van der Waals surface area contributed by atoms with Gasteiger partial charge in [0, 0.05) is 24.2 Å². The first-order chi connectivity index (χ1) is 13.8. The van der Waals surface area contributed by atoms with E-state index in [1.807, 2.05) is 26.8 Å². The Balaban J connectivity index is 1.68. The van der Waals surface area contributed by atoms with Crippen molar-refractivity contribution in [3.63, 3.8) is 0 Å². The molecule has 1 saturated heterocycles. The number of nitrogens with zero attached hydrogens (tertiary/aromatic N) is 3. The molecule has 1 fully saturated rings. The molecule has 1 aromatic heterocycles. The van der Waals surface area contributed by atoms with Gasteiger partial charge >= 0.3 is 6.09 Å². The van der Waals surface area contributed by atoms with Crippen molar-refractivity contribution >= 4 is 35.0 Å². The summed E-state index contributed by atoms with van der Waals surface area (Å²) in [7, 11) is 0. The van der Waals surface area contributed by atoms with Crippen LogP contribution < -0.4 is 10.9 Å². The van der Waals surface area contributed by atoms with Crippen LogP contribution in [-0.2, 0) is 4.74 Å². The van der Waals surface area contributed by atoms with Gasteiger partial charge in [-0.1, -0.05) is 29.3 Å². The maximum atomic E-state index is 12.7. The van der Waals surface area contributed by atoms with Crippen molar-refractivity contribution in [1.82, 2.24) is 14.7 Å². The van der Waals surface area contributed by atoms with Gasteiger partial charge in [0.05, 0.1) is 23.7 Å². The molecule has 0 unspecified atom stereocenters. The molecule has 1 aliphatic rings. The number of carbonyl (C=O) groups excluding carboxylic acids is 1. The molecule has 29 heavy (non-hydrogen) atoms. The molecule has 0 radical (unpaired) electrons. The summed E-state index contributed by atoms with van der Waals surface area (Å²) < 4.78 is 6.46. The lowest BCUT2D eigenvalue weighted by molar-refractivity contribution is 0.0701. The molecule has 1 N–H and O–H groups in total. The number of hydrogen-bond acceptors (Lipinski definition) is 5. The number of aromatic nitrogens is 2. The van der Waals surface area contributed by atoms with E-state index >= 15 is 0 Å². The van der Waals surface area contributed by atoms with Crippen molar-refractivity contribution in [3.8, 4) is 5.69 Å². The highest BCUT2D eigenvalue weighted by molar-refractivity contribution is 6.33. The summed E-state index contributed by atoms with van der Waals surface area (Å²) in [4.78, 5) is 26.4. The highest BCUT2D eigenvalue weighted by Gasteiger charge is 2.25. The molecule has 0 bridgehead atoms. The minimum Gasteiger partial charge on any atom is -0.447 e. The Hall–Kier alpha value is -2.25. The van der Waals surface area contributed by atoms with Gasteiger partial charge in [0.25, 0.3) is 5.56 Å². The van der Waals surface area contributed by atoms with Crippen LogP contribution in [0.1, 0.15) is 32.3 Å². The summed E-state index contributed by atoms with van der Waals surface area (Å²) in [5, 5.41) is 8.13. The fourth-order valence-corrected chi connectivity index (χ4v) is 3.49. The van der Waals surface area contributed by atoms with E-state index in [1.54, 1.807) is 17.0 Å². The number of halogens is 2. The molecule has 0 atom stereocenters. The zero-order valence-corrected chi connectivity index (χ0v) is 18.1. The molecule has 0 aliphatic carbocycles. The average Bonchev–Trinajstić information content (AvgIpc) is 2.68. The van der Waals surface area contributed by atoms with Crippen LogP contribution in [0.3, 0.4) is 0 Å². The normalized spacial score (nSPS) is 14.9. The summed E-state index contributed by atoms with van der Waals surface area (Å²) in [6.45, 7) is 6.69. The average molecular weight is 439 g/mol. The van der Waals surface area contributed by atoms with Gasteiger partial charge in [0.2, 0.25) is 0 Å². The van der Waals surface area contributed by atoms with E-state index in [4.69, 9.17) is 27.9 Å². The number of amides is 1. The number of anilines is 1. The number of aryl methyl sites for hydroxylation is 1. The smallest absolute Gasteiger partial charge is 0.410 e. The fourth-order valence-electron chi connectivity index (χ4n) is 3.13. The molecule has 2 aromatic rings. The number of nitrogens with one attached hydrogen (secondary N) is 1. The van der Waals surface area contributed by atoms with Crippen LogP contribution in [0.4, 0.5) is 10.5 Å². The predicted octanol–water partition coefficient (Wildman–Crippen LogP) is 4.27. The van der Waals surface area contributed by atoms with Gasteiger partial charge in [-0.3, -0.25) is 4.79 Å². The summed E-state index contributed by atoms with van der Waals surface area (Å²) in [6.07, 6.45) is 2.55. The van der Waals surface area contributed by atoms with E-state index in [0.29, 0.717) is 29.5 Å². The third-order valence-electron chi connectivity index (χ3n) is 4.77. The summed E-state index contributed by atoms with van der Waals surface area (Å²) in [6, 6.07) is 5.36. The molecule has 0 spiro atoms. The lowest BCUT2D eigenvalue weighted by Gasteiger charge is -2.32. The third-order valence-corrected chi connectivity index (χ3v) is 5.54. The molecular formula is C20H24Cl2N4O3. The standard InChI is InChI=1S/C20H24Cl2N4O3/c1-12(2)29-20(28)25-8-6-14(7-9-25)24-17-11-23-26(19(27)18(17)22)15-5-4-13(3)16(21)10-15/h4-5,10-12,14,24H,6-9H2,1-3H3. The molecule has 2 heterocycles. The summed E-state index contributed by atoms with van der Waals surface area (Å²) in [5.74, 6) is 0. The lowest BCUT2D eigenvalue weighted by Crippen LogP contribution is -2.43. The van der Waals surface area contributed by atoms with Crippen molar-refractivity contribution in [2.75, 3.05) is 18.4 Å². The number of ether oxygens (including phenoxy) is 1. The lowest BCUT2D eigenvalue weighted by atomic mass is 10.1. The molecule has 1 aromatic carbocycles. The second-order valence-corrected chi connectivity index (χ2v) is 8.15. The van der Waals surface area contributed by atoms with Crippen LogP contribution in [0, 0.1) is 6.92 Å². The fraction of sp³-hybridized carbons (Fsp3) is 0.450. The zero-order chi connectivity index (χ0) is 21.1. The van der Waals surface area contributed by atoms with Gasteiger partial charge in [-0.15, -0.1) is 0 Å². The summed E-state index contributed by atoms with van der Waals surface area (Å²) in [5.41, 5.74) is 1.52. The Kier molecular flexibility index (Phi) is 6.70. The van der Waals surface area contributed by atoms with Crippen molar-refractivity contribution in [3.05, 3.63) is 50.4 Å². The van der Waals surface area contributed by atoms with Crippen LogP contribution in [0.2, 0.25) is 10.0 Å².